The van der Waals surface area contributed by atoms with Gasteiger partial charge in [0.2, 0.25) is 5.91 Å². The van der Waals surface area contributed by atoms with Crippen LogP contribution in [0.15, 0.2) is 73.1 Å². The molecule has 0 spiro atoms. The lowest BCUT2D eigenvalue weighted by Gasteiger charge is -2.37. The van der Waals surface area contributed by atoms with Gasteiger partial charge >= 0.3 is 0 Å². The normalized spacial score (nSPS) is 18.2. The van der Waals surface area contributed by atoms with Crippen LogP contribution >= 0.6 is 0 Å². The number of aromatic nitrogens is 2. The molecular weight excluding hydrogens is 466 g/mol. The molecule has 0 bridgehead atoms. The second-order valence-corrected chi connectivity index (χ2v) is 8.65. The Kier molecular flexibility index (Phi) is 7.34. The molecular formula is C26H30BrN3O2. The van der Waals surface area contributed by atoms with Crippen LogP contribution in [0.2, 0.25) is 0 Å². The summed E-state index contributed by atoms with van der Waals surface area (Å²) in [6, 6.07) is 20.2. The van der Waals surface area contributed by atoms with E-state index < -0.39 is 5.41 Å². The fourth-order valence-electron chi connectivity index (χ4n) is 5.44. The number of ketones is 1. The van der Waals surface area contributed by atoms with Crippen LogP contribution in [0.3, 0.4) is 0 Å². The number of nitrogens with zero attached hydrogens (tertiary/aromatic N) is 2. The Morgan fingerprint density at radius 1 is 1.03 bits per heavy atom. The second kappa shape index (κ2) is 9.82. The number of carbonyl (C=O) groups is 2. The lowest BCUT2D eigenvalue weighted by atomic mass is 9.64. The van der Waals surface area contributed by atoms with Crippen LogP contribution in [0.1, 0.15) is 49.2 Å². The highest BCUT2D eigenvalue weighted by Gasteiger charge is 2.51. The second-order valence-electron chi connectivity index (χ2n) is 8.65. The van der Waals surface area contributed by atoms with Gasteiger partial charge in [-0.1, -0.05) is 60.7 Å². The number of primary amides is 1. The molecule has 0 saturated heterocycles. The van der Waals surface area contributed by atoms with E-state index in [1.54, 1.807) is 6.92 Å². The van der Waals surface area contributed by atoms with E-state index in [9.17, 15) is 9.59 Å². The van der Waals surface area contributed by atoms with Crippen molar-refractivity contribution >= 4 is 11.7 Å². The molecule has 1 fully saturated rings. The minimum absolute atomic E-state index is 0. The number of nitrogens with two attached hydrogens (primary N) is 1. The quantitative estimate of drug-likeness (QED) is 0.484. The third-order valence-electron chi connectivity index (χ3n) is 6.85. The molecule has 1 aliphatic rings. The zero-order chi connectivity index (χ0) is 22.0. The number of imidazole rings is 1. The smallest absolute Gasteiger partial charge is 0.253 e. The third kappa shape index (κ3) is 4.16. The zero-order valence-corrected chi connectivity index (χ0v) is 20.2. The number of amides is 1. The summed E-state index contributed by atoms with van der Waals surface area (Å²) in [6.45, 7) is 4.04. The number of rotatable bonds is 7. The van der Waals surface area contributed by atoms with Crippen LogP contribution in [-0.2, 0) is 21.5 Å². The molecule has 0 unspecified atom stereocenters. The van der Waals surface area contributed by atoms with Gasteiger partial charge in [-0.25, -0.2) is 9.13 Å². The summed E-state index contributed by atoms with van der Waals surface area (Å²) in [4.78, 5) is 24.8. The predicted molar refractivity (Wildman–Crippen MR) is 119 cm³/mol. The summed E-state index contributed by atoms with van der Waals surface area (Å²) < 4.78 is 4.25. The minimum Gasteiger partial charge on any atom is -1.00 e. The summed E-state index contributed by atoms with van der Waals surface area (Å²) in [6.07, 6.45) is 6.75. The molecule has 3 aromatic rings. The first kappa shape index (κ1) is 23.9. The maximum absolute atomic E-state index is 13.2. The molecule has 168 valence electrons. The largest absolute Gasteiger partial charge is 1.00 e. The lowest BCUT2D eigenvalue weighted by Crippen LogP contribution is -3.00. The molecule has 1 heterocycles. The fraction of sp³-hybridized carbons (Fsp3) is 0.346. The van der Waals surface area contributed by atoms with E-state index in [0.29, 0.717) is 6.54 Å². The van der Waals surface area contributed by atoms with Gasteiger partial charge in [-0.2, -0.15) is 0 Å². The van der Waals surface area contributed by atoms with Gasteiger partial charge in [0.25, 0.3) is 5.82 Å². The Labute approximate surface area is 200 Å². The van der Waals surface area contributed by atoms with Crippen LogP contribution < -0.4 is 27.3 Å². The van der Waals surface area contributed by atoms with Crippen LogP contribution in [-0.4, -0.2) is 16.3 Å². The molecule has 4 rings (SSSR count). The topological polar surface area (TPSA) is 69.0 Å². The number of halogens is 1. The Morgan fingerprint density at radius 3 is 2.09 bits per heavy atom. The average Bonchev–Trinajstić information content (AvgIpc) is 3.37. The summed E-state index contributed by atoms with van der Waals surface area (Å²) in [5.41, 5.74) is 7.24. The molecule has 1 aromatic heterocycles. The highest BCUT2D eigenvalue weighted by atomic mass is 79.9. The molecule has 2 N–H and O–H groups in total. The van der Waals surface area contributed by atoms with E-state index in [-0.39, 0.29) is 40.6 Å². The van der Waals surface area contributed by atoms with Crippen molar-refractivity contribution in [2.45, 2.75) is 51.1 Å². The summed E-state index contributed by atoms with van der Waals surface area (Å²) in [5, 5.41) is 0. The molecule has 6 heteroatoms. The van der Waals surface area contributed by atoms with Gasteiger partial charge in [0.05, 0.1) is 0 Å². The van der Waals surface area contributed by atoms with E-state index >= 15 is 0 Å². The number of benzene rings is 2. The van der Waals surface area contributed by atoms with E-state index in [4.69, 9.17) is 5.73 Å². The molecule has 1 saturated carbocycles. The Morgan fingerprint density at radius 2 is 1.59 bits per heavy atom. The monoisotopic (exact) mass is 495 g/mol. The third-order valence-corrected chi connectivity index (χ3v) is 6.85. The molecule has 2 atom stereocenters. The van der Waals surface area contributed by atoms with Gasteiger partial charge in [-0.15, -0.1) is 0 Å². The van der Waals surface area contributed by atoms with Gasteiger partial charge in [0.15, 0.2) is 5.78 Å². The first-order chi connectivity index (χ1) is 14.9. The summed E-state index contributed by atoms with van der Waals surface area (Å²) >= 11 is 0. The van der Waals surface area contributed by atoms with Gasteiger partial charge in [-0.3, -0.25) is 9.59 Å². The number of hydrogen-bond acceptors (Lipinski definition) is 2. The predicted octanol–water partition coefficient (Wildman–Crippen LogP) is 0.490. The molecule has 0 aliphatic heterocycles. The van der Waals surface area contributed by atoms with Crippen molar-refractivity contribution in [2.24, 2.45) is 11.7 Å². The molecule has 1 aliphatic carbocycles. The highest BCUT2D eigenvalue weighted by Crippen LogP contribution is 2.49. The van der Waals surface area contributed by atoms with Crippen molar-refractivity contribution in [3.8, 4) is 0 Å². The average molecular weight is 496 g/mol. The van der Waals surface area contributed by atoms with Gasteiger partial charge < -0.3 is 22.7 Å². The maximum Gasteiger partial charge on any atom is 0.253 e. The highest BCUT2D eigenvalue weighted by molar-refractivity contribution is 5.91. The first-order valence-corrected chi connectivity index (χ1v) is 10.9. The van der Waals surface area contributed by atoms with Crippen LogP contribution in [0.4, 0.5) is 0 Å². The van der Waals surface area contributed by atoms with E-state index in [1.807, 2.05) is 78.4 Å². The number of hydrogen-bond donors (Lipinski definition) is 1. The molecule has 1 amide bonds. The van der Waals surface area contributed by atoms with Gasteiger partial charge in [0.1, 0.15) is 30.4 Å². The minimum atomic E-state index is -0.867. The standard InChI is InChI=1S/C26H29N3O2.BrH/c1-19(30)18-28-15-16-29(20(28)2)24-14-13-23(17-24)26(25(27)31,21-9-5-3-6-10-21)22-11-7-4-8-12-22;/h3-12,15-16,23-24H,13-14,17-18H2,1-2H3,(H-,27,31);1H/t23-,24-;/m0./s1. The van der Waals surface area contributed by atoms with Crippen molar-refractivity contribution in [3.05, 3.63) is 90.0 Å². The number of Topliss-reactive ketones (excluding diaryl/α,β-unsaturated/α-hetero) is 1. The van der Waals surface area contributed by atoms with Crippen molar-refractivity contribution < 1.29 is 31.1 Å². The summed E-state index contributed by atoms with van der Waals surface area (Å²) in [7, 11) is 0. The molecule has 32 heavy (non-hydrogen) atoms. The SMILES string of the molecule is CC(=O)C[n+]1ccn([C@H]2CC[C@H](C(C(N)=O)(c3ccccc3)c3ccccc3)C2)c1C.[Br-]. The van der Waals surface area contributed by atoms with E-state index in [0.717, 1.165) is 36.2 Å². The van der Waals surface area contributed by atoms with E-state index in [1.165, 1.54) is 0 Å². The molecule has 5 nitrogen and oxygen atoms in total. The van der Waals surface area contributed by atoms with E-state index in [2.05, 4.69) is 10.8 Å². The first-order valence-electron chi connectivity index (χ1n) is 10.9. The summed E-state index contributed by atoms with van der Waals surface area (Å²) in [5.74, 6) is 0.982. The van der Waals surface area contributed by atoms with Crippen molar-refractivity contribution in [1.29, 1.82) is 0 Å². The fourth-order valence-corrected chi connectivity index (χ4v) is 5.44. The maximum atomic E-state index is 13.2. The number of carbonyl (C=O) groups excluding carboxylic acids is 2. The van der Waals surface area contributed by atoms with Crippen molar-refractivity contribution in [2.75, 3.05) is 0 Å². The zero-order valence-electron chi connectivity index (χ0n) is 18.6. The Bertz CT molecular complexity index is 1040. The Hall–Kier alpha value is -2.73. The van der Waals surface area contributed by atoms with Crippen LogP contribution in [0.5, 0.6) is 0 Å². The van der Waals surface area contributed by atoms with Crippen molar-refractivity contribution in [1.82, 2.24) is 4.57 Å². The van der Waals surface area contributed by atoms with Crippen LogP contribution in [0, 0.1) is 12.8 Å². The van der Waals surface area contributed by atoms with Gasteiger partial charge in [0, 0.05) is 6.92 Å². The van der Waals surface area contributed by atoms with Crippen LogP contribution in [0.25, 0.3) is 0 Å². The lowest BCUT2D eigenvalue weighted by molar-refractivity contribution is -0.689. The van der Waals surface area contributed by atoms with Crippen molar-refractivity contribution in [3.63, 3.8) is 0 Å². The van der Waals surface area contributed by atoms with Gasteiger partial charge in [-0.05, 0) is 43.2 Å². The molecule has 2 aromatic carbocycles. The Balaban J connectivity index is 0.00000289. The molecule has 0 radical (unpaired) electrons.